The molecule has 16 heavy (non-hydrogen) atoms. The number of rotatable bonds is 9. The highest BCUT2D eigenvalue weighted by Gasteiger charge is 2.15. The van der Waals surface area contributed by atoms with Gasteiger partial charge in [0.15, 0.2) is 0 Å². The van der Waals surface area contributed by atoms with E-state index in [0.717, 1.165) is 0 Å². The lowest BCUT2D eigenvalue weighted by Gasteiger charge is -2.23. The van der Waals surface area contributed by atoms with E-state index in [-0.39, 0.29) is 0 Å². The molecule has 0 fully saturated rings. The first-order valence-electron chi connectivity index (χ1n) is 7.33. The van der Waals surface area contributed by atoms with E-state index in [9.17, 15) is 0 Å². The van der Waals surface area contributed by atoms with Gasteiger partial charge >= 0.3 is 0 Å². The van der Waals surface area contributed by atoms with E-state index in [1.54, 1.807) is 0 Å². The normalized spacial score (nSPS) is 13.1. The average molecular weight is 226 g/mol. The van der Waals surface area contributed by atoms with Gasteiger partial charge in [-0.05, 0) is 23.7 Å². The summed E-state index contributed by atoms with van der Waals surface area (Å²) in [5.74, 6) is 0. The Hall–Kier alpha value is 0. The van der Waals surface area contributed by atoms with Crippen LogP contribution in [0.15, 0.2) is 0 Å². The highest BCUT2D eigenvalue weighted by atomic mass is 14.2. The van der Waals surface area contributed by atoms with Crippen molar-refractivity contribution in [1.82, 2.24) is 0 Å². The van der Waals surface area contributed by atoms with Crippen molar-refractivity contribution in [2.24, 2.45) is 10.8 Å². The van der Waals surface area contributed by atoms with Crippen LogP contribution in [0, 0.1) is 10.8 Å². The average Bonchev–Trinajstić information content (AvgIpc) is 2.23. The second-order valence-corrected chi connectivity index (χ2v) is 6.95. The molecule has 0 aliphatic rings. The van der Waals surface area contributed by atoms with Crippen molar-refractivity contribution in [2.45, 2.75) is 92.9 Å². The monoisotopic (exact) mass is 226 g/mol. The van der Waals surface area contributed by atoms with Gasteiger partial charge in [-0.25, -0.2) is 0 Å². The van der Waals surface area contributed by atoms with Gasteiger partial charge in [0, 0.05) is 0 Å². The number of hydrogen-bond donors (Lipinski definition) is 0. The molecule has 0 bridgehead atoms. The van der Waals surface area contributed by atoms with Gasteiger partial charge in [-0.1, -0.05) is 80.1 Å². The number of hydrogen-bond acceptors (Lipinski definition) is 0. The Morgan fingerprint density at radius 2 is 0.875 bits per heavy atom. The molecule has 0 aromatic heterocycles. The highest BCUT2D eigenvalue weighted by molar-refractivity contribution is 4.68. The van der Waals surface area contributed by atoms with Crippen LogP contribution < -0.4 is 0 Å². The molecule has 98 valence electrons. The van der Waals surface area contributed by atoms with Gasteiger partial charge in [0.25, 0.3) is 0 Å². The Morgan fingerprint density at radius 1 is 0.562 bits per heavy atom. The first kappa shape index (κ1) is 16.0. The smallest absolute Gasteiger partial charge is 0.0357 e. The fourth-order valence-electron chi connectivity index (χ4n) is 1.91. The molecule has 0 atom stereocenters. The van der Waals surface area contributed by atoms with Crippen LogP contribution in [0.5, 0.6) is 0 Å². The predicted molar refractivity (Wildman–Crippen MR) is 75.8 cm³/mol. The van der Waals surface area contributed by atoms with Crippen molar-refractivity contribution < 1.29 is 0 Å². The quantitative estimate of drug-likeness (QED) is 0.411. The van der Waals surface area contributed by atoms with Gasteiger partial charge in [0.05, 0.1) is 0 Å². The van der Waals surface area contributed by atoms with Crippen molar-refractivity contribution >= 4 is 0 Å². The van der Waals surface area contributed by atoms with Crippen LogP contribution >= 0.6 is 0 Å². The lowest BCUT2D eigenvalue weighted by Crippen LogP contribution is -2.10. The van der Waals surface area contributed by atoms with Crippen molar-refractivity contribution in [2.75, 3.05) is 0 Å². The third kappa shape index (κ3) is 8.19. The summed E-state index contributed by atoms with van der Waals surface area (Å²) in [5.41, 5.74) is 1.14. The van der Waals surface area contributed by atoms with Crippen molar-refractivity contribution in [1.29, 1.82) is 0 Å². The molecule has 0 spiro atoms. The molecular formula is C16H34. The molecule has 0 unspecified atom stereocenters. The topological polar surface area (TPSA) is 0 Å². The van der Waals surface area contributed by atoms with Crippen LogP contribution in [-0.4, -0.2) is 0 Å². The third-order valence-corrected chi connectivity index (χ3v) is 4.37. The van der Waals surface area contributed by atoms with Crippen molar-refractivity contribution in [3.05, 3.63) is 0 Å². The Morgan fingerprint density at radius 3 is 1.12 bits per heavy atom. The maximum absolute atomic E-state index is 2.40. The standard InChI is InChI=1S/C16H34/c1-7-15(3,4)13-11-9-10-12-14-16(5,6)8-2/h7-14H2,1-6H3. The SMILES string of the molecule is CCC(C)(C)CCCCCCC(C)(C)CC. The lowest BCUT2D eigenvalue weighted by atomic mass is 9.83. The third-order valence-electron chi connectivity index (χ3n) is 4.37. The Kier molecular flexibility index (Phi) is 7.35. The van der Waals surface area contributed by atoms with E-state index in [1.807, 2.05) is 0 Å². The summed E-state index contributed by atoms with van der Waals surface area (Å²) in [4.78, 5) is 0. The molecule has 0 nitrogen and oxygen atoms in total. The maximum atomic E-state index is 2.40. The van der Waals surface area contributed by atoms with E-state index in [4.69, 9.17) is 0 Å². The lowest BCUT2D eigenvalue weighted by molar-refractivity contribution is 0.292. The minimum absolute atomic E-state index is 0.572. The molecule has 0 aromatic carbocycles. The molecule has 0 N–H and O–H groups in total. The minimum atomic E-state index is 0.572. The summed E-state index contributed by atoms with van der Waals surface area (Å²) in [5, 5.41) is 0. The van der Waals surface area contributed by atoms with Crippen LogP contribution in [0.25, 0.3) is 0 Å². The van der Waals surface area contributed by atoms with Gasteiger partial charge in [-0.15, -0.1) is 0 Å². The molecule has 0 rings (SSSR count). The van der Waals surface area contributed by atoms with E-state index >= 15 is 0 Å². The zero-order valence-electron chi connectivity index (χ0n) is 12.7. The second-order valence-electron chi connectivity index (χ2n) is 6.95. The Balaban J connectivity index is 3.42. The van der Waals surface area contributed by atoms with E-state index in [1.165, 1.54) is 51.4 Å². The molecule has 0 amide bonds. The summed E-state index contributed by atoms with van der Waals surface area (Å²) in [6, 6.07) is 0. The van der Waals surface area contributed by atoms with Crippen molar-refractivity contribution in [3.8, 4) is 0 Å². The molecule has 0 radical (unpaired) electrons. The summed E-state index contributed by atoms with van der Waals surface area (Å²) in [6.07, 6.45) is 11.2. The molecule has 0 aromatic rings. The second kappa shape index (κ2) is 7.35. The fourth-order valence-corrected chi connectivity index (χ4v) is 1.91. The van der Waals surface area contributed by atoms with E-state index in [0.29, 0.717) is 10.8 Å². The summed E-state index contributed by atoms with van der Waals surface area (Å²) >= 11 is 0. The van der Waals surface area contributed by atoms with Crippen LogP contribution in [0.1, 0.15) is 92.9 Å². The first-order chi connectivity index (χ1) is 7.33. The van der Waals surface area contributed by atoms with Gasteiger partial charge in [0.2, 0.25) is 0 Å². The summed E-state index contributed by atoms with van der Waals surface area (Å²) < 4.78 is 0. The number of unbranched alkanes of at least 4 members (excludes halogenated alkanes) is 3. The molecule has 0 heterocycles. The van der Waals surface area contributed by atoms with Crippen LogP contribution in [0.2, 0.25) is 0 Å². The molecular weight excluding hydrogens is 192 g/mol. The highest BCUT2D eigenvalue weighted by Crippen LogP contribution is 2.29. The largest absolute Gasteiger partial charge is 0.0649 e. The van der Waals surface area contributed by atoms with Gasteiger partial charge in [-0.3, -0.25) is 0 Å². The molecule has 0 saturated carbocycles. The molecule has 0 heteroatoms. The summed E-state index contributed by atoms with van der Waals surface area (Å²) in [6.45, 7) is 14.2. The van der Waals surface area contributed by atoms with Gasteiger partial charge in [0.1, 0.15) is 0 Å². The fraction of sp³-hybridized carbons (Fsp3) is 1.00. The summed E-state index contributed by atoms with van der Waals surface area (Å²) in [7, 11) is 0. The Labute approximate surface area is 104 Å². The van der Waals surface area contributed by atoms with Crippen LogP contribution in [0.4, 0.5) is 0 Å². The first-order valence-corrected chi connectivity index (χ1v) is 7.33. The zero-order chi connectivity index (χ0) is 12.7. The Bertz CT molecular complexity index is 145. The van der Waals surface area contributed by atoms with Gasteiger partial charge < -0.3 is 0 Å². The van der Waals surface area contributed by atoms with Gasteiger partial charge in [-0.2, -0.15) is 0 Å². The molecule has 0 aliphatic carbocycles. The van der Waals surface area contributed by atoms with Crippen LogP contribution in [-0.2, 0) is 0 Å². The molecule has 0 aliphatic heterocycles. The van der Waals surface area contributed by atoms with E-state index in [2.05, 4.69) is 41.5 Å². The van der Waals surface area contributed by atoms with Crippen molar-refractivity contribution in [3.63, 3.8) is 0 Å². The van der Waals surface area contributed by atoms with E-state index < -0.39 is 0 Å². The predicted octanol–water partition coefficient (Wildman–Crippen LogP) is 6.20. The maximum Gasteiger partial charge on any atom is -0.0357 e. The zero-order valence-corrected chi connectivity index (χ0v) is 12.7. The molecule has 0 saturated heterocycles. The minimum Gasteiger partial charge on any atom is -0.0649 e. The van der Waals surface area contributed by atoms with Crippen LogP contribution in [0.3, 0.4) is 0 Å².